The first-order valence-corrected chi connectivity index (χ1v) is 6.14. The number of ether oxygens (including phenoxy) is 2. The molecule has 4 nitrogen and oxygen atoms in total. The summed E-state index contributed by atoms with van der Waals surface area (Å²) in [5.41, 5.74) is 3.49. The van der Waals surface area contributed by atoms with Crippen molar-refractivity contribution in [2.24, 2.45) is 11.1 Å². The summed E-state index contributed by atoms with van der Waals surface area (Å²) < 4.78 is 48.9. The van der Waals surface area contributed by atoms with Crippen molar-refractivity contribution in [1.29, 1.82) is 0 Å². The van der Waals surface area contributed by atoms with E-state index >= 15 is 0 Å². The van der Waals surface area contributed by atoms with Crippen molar-refractivity contribution < 1.29 is 27.4 Å². The molecule has 0 spiro atoms. The van der Waals surface area contributed by atoms with Gasteiger partial charge in [0.05, 0.1) is 25.2 Å². The fourth-order valence-corrected chi connectivity index (χ4v) is 1.96. The van der Waals surface area contributed by atoms with E-state index in [-0.39, 0.29) is 11.3 Å². The molecule has 2 N–H and O–H groups in total. The molecule has 0 heterocycles. The molecule has 7 heteroatoms. The molecule has 0 unspecified atom stereocenters. The van der Waals surface area contributed by atoms with Crippen LogP contribution in [0, 0.1) is 5.41 Å². The summed E-state index contributed by atoms with van der Waals surface area (Å²) in [4.78, 5) is 11.7. The normalized spacial score (nSPS) is 13.7. The largest absolute Gasteiger partial charge is 0.497 e. The number of nitrogens with two attached hydrogens (primary N) is 1. The van der Waals surface area contributed by atoms with Crippen molar-refractivity contribution in [2.75, 3.05) is 14.2 Å². The average Bonchev–Trinajstić information content (AvgIpc) is 2.43. The molecule has 1 atom stereocenters. The van der Waals surface area contributed by atoms with Gasteiger partial charge >= 0.3 is 12.1 Å². The summed E-state index contributed by atoms with van der Waals surface area (Å²) in [5.74, 6) is -0.618. The predicted octanol–water partition coefficient (Wildman–Crippen LogP) is 2.91. The number of carbonyl (C=O) groups excluding carboxylic acids is 1. The minimum absolute atomic E-state index is 0.0640. The van der Waals surface area contributed by atoms with Gasteiger partial charge in [0.1, 0.15) is 5.75 Å². The molecule has 0 radical (unpaired) electrons. The number of rotatable bonds is 4. The Bertz CT molecular complexity index is 527. The first kappa shape index (κ1) is 17.3. The van der Waals surface area contributed by atoms with Gasteiger partial charge < -0.3 is 15.2 Å². The Balaban J connectivity index is 3.39. The quantitative estimate of drug-likeness (QED) is 0.869. The van der Waals surface area contributed by atoms with Gasteiger partial charge in [0.25, 0.3) is 0 Å². The maximum Gasteiger partial charge on any atom is 0.416 e. The van der Waals surface area contributed by atoms with E-state index in [1.807, 2.05) is 0 Å². The lowest BCUT2D eigenvalue weighted by molar-refractivity contribution is -0.153. The van der Waals surface area contributed by atoms with Crippen molar-refractivity contribution in [3.63, 3.8) is 0 Å². The average molecular weight is 305 g/mol. The number of benzene rings is 1. The summed E-state index contributed by atoms with van der Waals surface area (Å²) in [6.45, 7) is 2.88. The Labute approximate surface area is 121 Å². The number of esters is 1. The lowest BCUT2D eigenvalue weighted by atomic mass is 9.79. The molecule has 1 rings (SSSR count). The summed E-state index contributed by atoms with van der Waals surface area (Å²) in [6.07, 6.45) is -4.60. The van der Waals surface area contributed by atoms with Crippen molar-refractivity contribution in [1.82, 2.24) is 0 Å². The first-order chi connectivity index (χ1) is 9.55. The van der Waals surface area contributed by atoms with Gasteiger partial charge in [-0.25, -0.2) is 0 Å². The van der Waals surface area contributed by atoms with Crippen LogP contribution in [0.25, 0.3) is 0 Å². The van der Waals surface area contributed by atoms with E-state index in [0.717, 1.165) is 13.2 Å². The number of halogens is 3. The van der Waals surface area contributed by atoms with Gasteiger partial charge in [-0.1, -0.05) is 6.07 Å². The molecule has 1 aromatic rings. The molecular weight excluding hydrogens is 287 g/mol. The van der Waals surface area contributed by atoms with Crippen LogP contribution in [0.1, 0.15) is 31.0 Å². The molecule has 1 aromatic carbocycles. The second kappa shape index (κ2) is 5.93. The zero-order chi connectivity index (χ0) is 16.4. The van der Waals surface area contributed by atoms with Crippen molar-refractivity contribution in [3.05, 3.63) is 29.3 Å². The summed E-state index contributed by atoms with van der Waals surface area (Å²) in [5, 5.41) is 0. The molecule has 0 amide bonds. The Morgan fingerprint density at radius 3 is 2.24 bits per heavy atom. The minimum atomic E-state index is -4.60. The monoisotopic (exact) mass is 305 g/mol. The van der Waals surface area contributed by atoms with Gasteiger partial charge in [-0.15, -0.1) is 0 Å². The van der Waals surface area contributed by atoms with Crippen molar-refractivity contribution in [2.45, 2.75) is 26.1 Å². The molecule has 21 heavy (non-hydrogen) atoms. The standard InChI is InChI=1S/C14H18F3NO3/c1-13(2,12(19)21-4)11(18)9-6-5-8(20-3)7-10(9)14(15,16)17/h5-7,11H,18H2,1-4H3/t11-/m1/s1. The van der Waals surface area contributed by atoms with E-state index in [2.05, 4.69) is 4.74 Å². The highest BCUT2D eigenvalue weighted by Crippen LogP contribution is 2.41. The van der Waals surface area contributed by atoms with E-state index in [9.17, 15) is 18.0 Å². The van der Waals surface area contributed by atoms with E-state index in [4.69, 9.17) is 10.5 Å². The van der Waals surface area contributed by atoms with Crippen LogP contribution in [0.15, 0.2) is 18.2 Å². The zero-order valence-corrected chi connectivity index (χ0v) is 12.2. The Kier molecular flexibility index (Phi) is 4.88. The molecule has 0 aliphatic heterocycles. The van der Waals surface area contributed by atoms with Crippen molar-refractivity contribution >= 4 is 5.97 Å². The zero-order valence-electron chi connectivity index (χ0n) is 12.2. The highest BCUT2D eigenvalue weighted by molar-refractivity contribution is 5.77. The Hall–Kier alpha value is -1.76. The number of carbonyl (C=O) groups is 1. The van der Waals surface area contributed by atoms with E-state index in [0.29, 0.717) is 0 Å². The van der Waals surface area contributed by atoms with E-state index < -0.39 is 29.2 Å². The highest BCUT2D eigenvalue weighted by Gasteiger charge is 2.42. The Morgan fingerprint density at radius 2 is 1.81 bits per heavy atom. The fourth-order valence-electron chi connectivity index (χ4n) is 1.96. The molecule has 0 saturated heterocycles. The summed E-state index contributed by atoms with van der Waals surface area (Å²) in [7, 11) is 2.43. The van der Waals surface area contributed by atoms with Gasteiger partial charge in [-0.05, 0) is 31.5 Å². The lowest BCUT2D eigenvalue weighted by Crippen LogP contribution is -2.38. The fraction of sp³-hybridized carbons (Fsp3) is 0.500. The third-order valence-electron chi connectivity index (χ3n) is 3.39. The summed E-state index contributed by atoms with van der Waals surface area (Å²) in [6, 6.07) is 2.28. The third-order valence-corrected chi connectivity index (χ3v) is 3.39. The minimum Gasteiger partial charge on any atom is -0.497 e. The Morgan fingerprint density at radius 1 is 1.24 bits per heavy atom. The van der Waals surface area contributed by atoms with E-state index in [1.165, 1.54) is 33.1 Å². The lowest BCUT2D eigenvalue weighted by Gasteiger charge is -2.30. The van der Waals surface area contributed by atoms with Gasteiger partial charge in [0.2, 0.25) is 0 Å². The van der Waals surface area contributed by atoms with Gasteiger partial charge in [0.15, 0.2) is 0 Å². The van der Waals surface area contributed by atoms with Crippen LogP contribution >= 0.6 is 0 Å². The number of alkyl halides is 3. The van der Waals surface area contributed by atoms with Crippen LogP contribution < -0.4 is 10.5 Å². The van der Waals surface area contributed by atoms with Crippen LogP contribution in [0.5, 0.6) is 5.75 Å². The van der Waals surface area contributed by atoms with E-state index in [1.54, 1.807) is 0 Å². The predicted molar refractivity (Wildman–Crippen MR) is 70.7 cm³/mol. The molecule has 0 aliphatic carbocycles. The van der Waals surface area contributed by atoms with Crippen LogP contribution in [0.3, 0.4) is 0 Å². The molecule has 0 bridgehead atoms. The van der Waals surface area contributed by atoms with Gasteiger partial charge in [-0.3, -0.25) is 4.79 Å². The van der Waals surface area contributed by atoms with Crippen LogP contribution in [-0.4, -0.2) is 20.2 Å². The first-order valence-electron chi connectivity index (χ1n) is 6.14. The second-order valence-corrected chi connectivity index (χ2v) is 5.14. The smallest absolute Gasteiger partial charge is 0.416 e. The number of methoxy groups -OCH3 is 2. The molecule has 0 aliphatic rings. The number of hydrogen-bond donors (Lipinski definition) is 1. The number of hydrogen-bond acceptors (Lipinski definition) is 4. The topological polar surface area (TPSA) is 61.5 Å². The highest BCUT2D eigenvalue weighted by atomic mass is 19.4. The van der Waals surface area contributed by atoms with Crippen LogP contribution in [0.4, 0.5) is 13.2 Å². The molecule has 0 aromatic heterocycles. The van der Waals surface area contributed by atoms with Crippen LogP contribution in [0.2, 0.25) is 0 Å². The SMILES string of the molecule is COC(=O)C(C)(C)[C@H](N)c1ccc(OC)cc1C(F)(F)F. The maximum absolute atomic E-state index is 13.2. The maximum atomic E-state index is 13.2. The summed E-state index contributed by atoms with van der Waals surface area (Å²) >= 11 is 0. The van der Waals surface area contributed by atoms with Crippen LogP contribution in [-0.2, 0) is 15.7 Å². The van der Waals surface area contributed by atoms with Crippen molar-refractivity contribution in [3.8, 4) is 5.75 Å². The van der Waals surface area contributed by atoms with Gasteiger partial charge in [0, 0.05) is 6.04 Å². The molecule has 0 saturated carbocycles. The van der Waals surface area contributed by atoms with Gasteiger partial charge in [-0.2, -0.15) is 13.2 Å². The third kappa shape index (κ3) is 3.47. The second-order valence-electron chi connectivity index (χ2n) is 5.14. The molecular formula is C14H18F3NO3. The molecule has 0 fully saturated rings. The molecule has 118 valence electrons.